The van der Waals surface area contributed by atoms with Crippen molar-refractivity contribution >= 4 is 115 Å². The van der Waals surface area contributed by atoms with Crippen molar-refractivity contribution < 1.29 is 4.74 Å². The maximum absolute atomic E-state index is 7.06. The highest BCUT2D eigenvalue weighted by atomic mass is 16.5. The van der Waals surface area contributed by atoms with Gasteiger partial charge in [-0.05, 0) is 292 Å². The van der Waals surface area contributed by atoms with Crippen molar-refractivity contribution in [3.8, 4) is 67.1 Å². The standard InChI is InChI=1S/C85H72N2O.C34H22/c1-83(2,3)63-35-43-67(44-36-63)86(65-39-31-57(32-40-65)61-29-27-55-17-7-9-19-59(55)51-61)69-47-49-73-75(53-69)71-21-11-12-22-72(71)81-74-50-48-70(54-78(74)85(82(73)81)76-23-13-15-25-79(76)88-80-26-16-14-24-77(80)85)87(68-45-37-64(38-46-68)84(4,5)6)66-41-33-58(34-42-66)62-30-28-56-18-8-10-20-60(56)52-62;1-2-12-23(13-3-1)33-28-18-8-10-20-30(28)34(31-21-11-9-19-29(31)33)32-22-24-14-4-5-15-25(24)26-16-6-7-17-27(26)32/h7-36,39-44,47-54,64,68H,37-38,45-46H2,1-6H3;1-22H. The van der Waals surface area contributed by atoms with Gasteiger partial charge in [0.2, 0.25) is 0 Å². The first-order valence-electron chi connectivity index (χ1n) is 43.6. The minimum Gasteiger partial charge on any atom is -0.457 e. The van der Waals surface area contributed by atoms with Gasteiger partial charge in [0.15, 0.2) is 0 Å². The molecule has 0 saturated heterocycles. The average molecular weight is 1570 g/mol. The van der Waals surface area contributed by atoms with Crippen molar-refractivity contribution in [3.05, 3.63) is 428 Å². The fraction of sp³-hybridized carbons (Fsp3) is 0.126. The van der Waals surface area contributed by atoms with E-state index in [4.69, 9.17) is 4.74 Å². The van der Waals surface area contributed by atoms with Gasteiger partial charge in [0.05, 0.1) is 5.41 Å². The highest BCUT2D eigenvalue weighted by Gasteiger charge is 2.53. The lowest BCUT2D eigenvalue weighted by atomic mass is 9.65. The Kier molecular flexibility index (Phi) is 18.1. The van der Waals surface area contributed by atoms with Crippen LogP contribution >= 0.6 is 0 Å². The second kappa shape index (κ2) is 29.7. The summed E-state index contributed by atoms with van der Waals surface area (Å²) < 4.78 is 7.06. The second-order valence-corrected chi connectivity index (χ2v) is 36.1. The summed E-state index contributed by atoms with van der Waals surface area (Å²) in [7, 11) is 0. The third-order valence-corrected chi connectivity index (χ3v) is 27.1. The molecule has 1 aliphatic heterocycles. The summed E-state index contributed by atoms with van der Waals surface area (Å²) in [6, 6.07) is 149. The molecule has 3 nitrogen and oxygen atoms in total. The minimum atomic E-state index is -0.744. The van der Waals surface area contributed by atoms with Gasteiger partial charge in [-0.2, -0.15) is 0 Å². The van der Waals surface area contributed by atoms with Gasteiger partial charge in [-0.3, -0.25) is 0 Å². The first kappa shape index (κ1) is 74.2. The molecule has 3 heteroatoms. The number of nitrogens with zero attached hydrogens (tertiary/aromatic N) is 2. The molecule has 586 valence electrons. The molecule has 0 unspecified atom stereocenters. The quantitative estimate of drug-likeness (QED) is 0.100. The van der Waals surface area contributed by atoms with Crippen molar-refractivity contribution in [2.75, 3.05) is 9.80 Å². The largest absolute Gasteiger partial charge is 0.457 e. The number of benzene rings is 20. The average Bonchev–Trinajstić information content (AvgIpc) is 1.48. The molecule has 1 fully saturated rings. The zero-order valence-electron chi connectivity index (χ0n) is 69.9. The van der Waals surface area contributed by atoms with Crippen LogP contribution < -0.4 is 14.5 Å². The SMILES string of the molecule is CC(C)(C)c1ccc(N(c2ccc(-c3ccc4ccccc4c3)cc2)c2ccc3c4c(c5ccccc5c3c2)-c2ccc(N(c3ccc(-c5ccc6ccccc6c5)cc3)C3CCC(C(C)(C)C)CC3)cc2C42c3ccccc3Oc3ccccc32)cc1.c1ccc(-c2c3ccccc3c(-c3cc4ccccc4c4ccccc34)c3ccccc23)cc1. The molecule has 0 radical (unpaired) electrons. The van der Waals surface area contributed by atoms with E-state index in [2.05, 4.69) is 452 Å². The van der Waals surface area contributed by atoms with Crippen LogP contribution in [0.4, 0.5) is 28.4 Å². The molecule has 23 rings (SSSR count). The van der Waals surface area contributed by atoms with E-state index >= 15 is 0 Å². The molecule has 2 aliphatic carbocycles. The van der Waals surface area contributed by atoms with E-state index in [0.29, 0.717) is 12.0 Å². The third-order valence-electron chi connectivity index (χ3n) is 27.1. The highest BCUT2D eigenvalue weighted by Crippen LogP contribution is 2.66. The van der Waals surface area contributed by atoms with E-state index in [0.717, 1.165) is 52.5 Å². The van der Waals surface area contributed by atoms with E-state index in [-0.39, 0.29) is 10.8 Å². The van der Waals surface area contributed by atoms with Gasteiger partial charge < -0.3 is 14.5 Å². The fourth-order valence-corrected chi connectivity index (χ4v) is 21.2. The number of para-hydroxylation sites is 2. The second-order valence-electron chi connectivity index (χ2n) is 36.1. The lowest BCUT2D eigenvalue weighted by molar-refractivity contribution is 0.169. The van der Waals surface area contributed by atoms with Crippen LogP contribution in [-0.4, -0.2) is 6.04 Å². The molecule has 1 spiro atoms. The van der Waals surface area contributed by atoms with E-state index in [1.54, 1.807) is 0 Å². The van der Waals surface area contributed by atoms with Crippen LogP contribution in [0, 0.1) is 11.3 Å². The summed E-state index contributed by atoms with van der Waals surface area (Å²) in [5.74, 6) is 2.46. The van der Waals surface area contributed by atoms with Crippen molar-refractivity contribution in [2.45, 2.75) is 84.1 Å². The first-order valence-corrected chi connectivity index (χ1v) is 43.6. The Morgan fingerprint density at radius 1 is 0.262 bits per heavy atom. The summed E-state index contributed by atoms with van der Waals surface area (Å²) in [5, 5.41) is 20.3. The van der Waals surface area contributed by atoms with Gasteiger partial charge in [-0.15, -0.1) is 0 Å². The molecule has 0 N–H and O–H groups in total. The molecule has 0 bridgehead atoms. The van der Waals surface area contributed by atoms with E-state index in [9.17, 15) is 0 Å². The summed E-state index contributed by atoms with van der Waals surface area (Å²) in [5.41, 5.74) is 24.1. The Bertz CT molecular complexity index is 7400. The van der Waals surface area contributed by atoms with Crippen LogP contribution in [0.3, 0.4) is 0 Å². The monoisotopic (exact) mass is 1570 g/mol. The van der Waals surface area contributed by atoms with Gasteiger partial charge >= 0.3 is 0 Å². The number of fused-ring (bicyclic) bond motifs is 21. The summed E-state index contributed by atoms with van der Waals surface area (Å²) in [4.78, 5) is 5.17. The summed E-state index contributed by atoms with van der Waals surface area (Å²) in [6.45, 7) is 14.2. The zero-order valence-corrected chi connectivity index (χ0v) is 69.9. The number of ether oxygens (including phenoxy) is 1. The fourth-order valence-electron chi connectivity index (χ4n) is 21.2. The Labute approximate surface area is 715 Å². The Morgan fingerprint density at radius 2 is 0.697 bits per heavy atom. The predicted molar refractivity (Wildman–Crippen MR) is 519 cm³/mol. The normalized spacial score (nSPS) is 14.6. The zero-order chi connectivity index (χ0) is 82.0. The Morgan fingerprint density at radius 3 is 1.25 bits per heavy atom. The Hall–Kier alpha value is -14.1. The predicted octanol–water partition coefficient (Wildman–Crippen LogP) is 33.2. The molecular weight excluding hydrogens is 1470 g/mol. The number of hydrogen-bond donors (Lipinski definition) is 0. The number of rotatable bonds is 10. The topological polar surface area (TPSA) is 15.7 Å². The highest BCUT2D eigenvalue weighted by molar-refractivity contribution is 6.26. The van der Waals surface area contributed by atoms with E-state index in [1.165, 1.54) is 183 Å². The molecule has 1 saturated carbocycles. The molecule has 20 aromatic rings. The molecule has 0 aromatic heterocycles. The maximum atomic E-state index is 7.06. The van der Waals surface area contributed by atoms with Gasteiger partial charge in [-0.1, -0.05) is 351 Å². The lowest BCUT2D eigenvalue weighted by Gasteiger charge is -2.43. The molecule has 3 aliphatic rings. The molecule has 0 atom stereocenters. The smallest absolute Gasteiger partial charge is 0.132 e. The van der Waals surface area contributed by atoms with Crippen LogP contribution in [0.2, 0.25) is 0 Å². The van der Waals surface area contributed by atoms with Gasteiger partial charge in [0.25, 0.3) is 0 Å². The number of hydrogen-bond acceptors (Lipinski definition) is 3. The maximum Gasteiger partial charge on any atom is 0.132 e. The van der Waals surface area contributed by atoms with Crippen molar-refractivity contribution in [2.24, 2.45) is 11.3 Å². The summed E-state index contributed by atoms with van der Waals surface area (Å²) >= 11 is 0. The minimum absolute atomic E-state index is 0.0111. The van der Waals surface area contributed by atoms with E-state index < -0.39 is 5.41 Å². The molecular formula is C119H94N2O. The number of anilines is 5. The molecule has 20 aromatic carbocycles. The first-order chi connectivity index (χ1) is 59.8. The van der Waals surface area contributed by atoms with Crippen LogP contribution in [0.25, 0.3) is 142 Å². The van der Waals surface area contributed by atoms with Crippen LogP contribution in [0.1, 0.15) is 95.0 Å². The van der Waals surface area contributed by atoms with Gasteiger partial charge in [0.1, 0.15) is 11.5 Å². The van der Waals surface area contributed by atoms with Crippen LogP contribution in [0.5, 0.6) is 11.5 Å². The third kappa shape index (κ3) is 12.5. The van der Waals surface area contributed by atoms with Crippen molar-refractivity contribution in [1.82, 2.24) is 0 Å². The Balaban J connectivity index is 0.000000217. The van der Waals surface area contributed by atoms with Crippen LogP contribution in [-0.2, 0) is 10.8 Å². The molecule has 1 heterocycles. The summed E-state index contributed by atoms with van der Waals surface area (Å²) in [6.07, 6.45) is 4.66. The van der Waals surface area contributed by atoms with Crippen LogP contribution in [0.15, 0.2) is 400 Å². The lowest BCUT2D eigenvalue weighted by Crippen LogP contribution is -2.37. The van der Waals surface area contributed by atoms with E-state index in [1.807, 2.05) is 0 Å². The molecule has 0 amide bonds. The molecule has 122 heavy (non-hydrogen) atoms. The van der Waals surface area contributed by atoms with Gasteiger partial charge in [0, 0.05) is 45.6 Å². The van der Waals surface area contributed by atoms with Crippen molar-refractivity contribution in [1.29, 1.82) is 0 Å². The van der Waals surface area contributed by atoms with Gasteiger partial charge in [-0.25, -0.2) is 0 Å². The van der Waals surface area contributed by atoms with Crippen molar-refractivity contribution in [3.63, 3.8) is 0 Å².